The van der Waals surface area contributed by atoms with Crippen molar-refractivity contribution in [2.24, 2.45) is 11.7 Å². The fraction of sp³-hybridized carbons (Fsp3) is 0.450. The molecule has 5 nitrogen and oxygen atoms in total. The van der Waals surface area contributed by atoms with Crippen LogP contribution in [0, 0.1) is 5.92 Å². The fourth-order valence-corrected chi connectivity index (χ4v) is 4.13. The topological polar surface area (TPSA) is 67.6 Å². The van der Waals surface area contributed by atoms with Gasteiger partial charge in [0.05, 0.1) is 25.2 Å². The van der Waals surface area contributed by atoms with Crippen LogP contribution in [-0.2, 0) is 9.53 Å². The molecule has 2 heterocycles. The molecule has 3 unspecified atom stereocenters. The first-order valence-corrected chi connectivity index (χ1v) is 9.98. The van der Waals surface area contributed by atoms with E-state index in [4.69, 9.17) is 10.5 Å². The first-order chi connectivity index (χ1) is 12.7. The molecule has 28 heavy (non-hydrogen) atoms. The van der Waals surface area contributed by atoms with Gasteiger partial charge in [-0.1, -0.05) is 43.3 Å². The van der Waals surface area contributed by atoms with E-state index in [1.54, 1.807) is 11.3 Å². The highest BCUT2D eigenvalue weighted by Gasteiger charge is 2.26. The SMILES string of the molecule is CC(C(=O)NCC(c1cccs1)N1CCOCC1)C(N)c1ccccc1.Cl.Cl. The molecule has 8 heteroatoms. The number of rotatable bonds is 7. The standard InChI is InChI=1S/C20H27N3O2S.2ClH/c1-15(19(21)16-6-3-2-4-7-16)20(24)22-14-17(18-8-5-13-26-18)23-9-11-25-12-10-23;;/h2-8,13,15,17,19H,9-12,14,21H2,1H3,(H,22,24);2*1H. The Hall–Kier alpha value is -1.15. The first-order valence-electron chi connectivity index (χ1n) is 9.10. The highest BCUT2D eigenvalue weighted by Crippen LogP contribution is 2.26. The van der Waals surface area contributed by atoms with Crippen LogP contribution in [0.4, 0.5) is 0 Å². The number of nitrogens with two attached hydrogens (primary N) is 1. The molecule has 3 N–H and O–H groups in total. The van der Waals surface area contributed by atoms with E-state index in [2.05, 4.69) is 27.7 Å². The third-order valence-corrected chi connectivity index (χ3v) is 5.94. The van der Waals surface area contributed by atoms with Gasteiger partial charge < -0.3 is 15.8 Å². The Kier molecular flexibility index (Phi) is 11.0. The van der Waals surface area contributed by atoms with Gasteiger partial charge in [0.2, 0.25) is 5.91 Å². The van der Waals surface area contributed by atoms with Gasteiger partial charge in [0, 0.05) is 30.6 Å². The van der Waals surface area contributed by atoms with Crippen molar-refractivity contribution in [3.63, 3.8) is 0 Å². The number of amides is 1. The maximum atomic E-state index is 12.7. The molecule has 3 atom stereocenters. The Bertz CT molecular complexity index is 682. The van der Waals surface area contributed by atoms with Crippen molar-refractivity contribution >= 4 is 42.1 Å². The maximum Gasteiger partial charge on any atom is 0.224 e. The number of carbonyl (C=O) groups excluding carboxylic acids is 1. The van der Waals surface area contributed by atoms with Crippen LogP contribution in [0.3, 0.4) is 0 Å². The van der Waals surface area contributed by atoms with Crippen LogP contribution in [0.1, 0.15) is 29.4 Å². The van der Waals surface area contributed by atoms with Crippen molar-refractivity contribution in [3.8, 4) is 0 Å². The number of benzene rings is 1. The summed E-state index contributed by atoms with van der Waals surface area (Å²) in [6.07, 6.45) is 0. The Balaban J connectivity index is 0.00000196. The van der Waals surface area contributed by atoms with E-state index >= 15 is 0 Å². The number of halogens is 2. The second kappa shape index (κ2) is 12.4. The van der Waals surface area contributed by atoms with Crippen molar-refractivity contribution in [2.75, 3.05) is 32.8 Å². The second-order valence-electron chi connectivity index (χ2n) is 6.65. The summed E-state index contributed by atoms with van der Waals surface area (Å²) in [5.41, 5.74) is 7.28. The van der Waals surface area contributed by atoms with Crippen LogP contribution in [-0.4, -0.2) is 43.7 Å². The Morgan fingerprint density at radius 2 is 1.86 bits per heavy atom. The lowest BCUT2D eigenvalue weighted by Gasteiger charge is -2.34. The molecule has 1 aliphatic heterocycles. The summed E-state index contributed by atoms with van der Waals surface area (Å²) in [4.78, 5) is 16.3. The highest BCUT2D eigenvalue weighted by atomic mass is 35.5. The lowest BCUT2D eigenvalue weighted by atomic mass is 9.94. The van der Waals surface area contributed by atoms with Crippen molar-refractivity contribution in [1.82, 2.24) is 10.2 Å². The Morgan fingerprint density at radius 1 is 1.18 bits per heavy atom. The van der Waals surface area contributed by atoms with Crippen molar-refractivity contribution in [2.45, 2.75) is 19.0 Å². The van der Waals surface area contributed by atoms with Gasteiger partial charge in [-0.15, -0.1) is 36.2 Å². The Labute approximate surface area is 183 Å². The number of thiophene rings is 1. The number of carbonyl (C=O) groups is 1. The monoisotopic (exact) mass is 445 g/mol. The largest absolute Gasteiger partial charge is 0.379 e. The van der Waals surface area contributed by atoms with E-state index in [0.717, 1.165) is 31.9 Å². The molecule has 0 aliphatic carbocycles. The number of ether oxygens (including phenoxy) is 1. The predicted molar refractivity (Wildman–Crippen MR) is 119 cm³/mol. The van der Waals surface area contributed by atoms with Crippen LogP contribution in [0.25, 0.3) is 0 Å². The van der Waals surface area contributed by atoms with Crippen molar-refractivity contribution in [3.05, 3.63) is 58.3 Å². The quantitative estimate of drug-likeness (QED) is 0.684. The lowest BCUT2D eigenvalue weighted by molar-refractivity contribution is -0.125. The first kappa shape index (κ1) is 24.9. The van der Waals surface area contributed by atoms with E-state index in [-0.39, 0.29) is 48.7 Å². The van der Waals surface area contributed by atoms with E-state index in [0.29, 0.717) is 6.54 Å². The molecule has 1 aromatic heterocycles. The number of morpholine rings is 1. The summed E-state index contributed by atoms with van der Waals surface area (Å²) in [6.45, 7) is 5.73. The summed E-state index contributed by atoms with van der Waals surface area (Å²) < 4.78 is 5.47. The molecule has 0 spiro atoms. The fourth-order valence-electron chi connectivity index (χ4n) is 3.26. The maximum absolute atomic E-state index is 12.7. The van der Waals surface area contributed by atoms with Crippen LogP contribution < -0.4 is 11.1 Å². The molecule has 0 saturated carbocycles. The van der Waals surface area contributed by atoms with E-state index in [1.807, 2.05) is 37.3 Å². The molecule has 1 aliphatic rings. The van der Waals surface area contributed by atoms with E-state index < -0.39 is 0 Å². The van der Waals surface area contributed by atoms with E-state index in [1.165, 1.54) is 4.88 Å². The third-order valence-electron chi connectivity index (χ3n) is 4.96. The van der Waals surface area contributed by atoms with Gasteiger partial charge >= 0.3 is 0 Å². The van der Waals surface area contributed by atoms with E-state index in [9.17, 15) is 4.79 Å². The molecule has 1 amide bonds. The highest BCUT2D eigenvalue weighted by molar-refractivity contribution is 7.10. The van der Waals surface area contributed by atoms with Crippen molar-refractivity contribution < 1.29 is 9.53 Å². The Morgan fingerprint density at radius 3 is 2.46 bits per heavy atom. The molecular weight excluding hydrogens is 417 g/mol. The van der Waals surface area contributed by atoms with Gasteiger partial charge in [-0.05, 0) is 17.0 Å². The zero-order valence-corrected chi connectivity index (χ0v) is 18.4. The average molecular weight is 446 g/mol. The minimum atomic E-state index is -0.306. The summed E-state index contributed by atoms with van der Waals surface area (Å²) in [7, 11) is 0. The van der Waals surface area contributed by atoms with Crippen LogP contribution in [0.5, 0.6) is 0 Å². The minimum absolute atomic E-state index is 0. The molecule has 156 valence electrons. The van der Waals surface area contributed by atoms with Gasteiger partial charge in [0.15, 0.2) is 0 Å². The molecule has 1 fully saturated rings. The normalized spacial score (nSPS) is 17.5. The summed E-state index contributed by atoms with van der Waals surface area (Å²) in [5, 5.41) is 5.21. The molecule has 3 rings (SSSR count). The van der Waals surface area contributed by atoms with Gasteiger partial charge in [0.1, 0.15) is 0 Å². The predicted octanol–water partition coefficient (Wildman–Crippen LogP) is 3.42. The van der Waals surface area contributed by atoms with Crippen molar-refractivity contribution in [1.29, 1.82) is 0 Å². The zero-order valence-electron chi connectivity index (χ0n) is 16.0. The number of hydrogen-bond donors (Lipinski definition) is 2. The van der Waals surface area contributed by atoms with Crippen LogP contribution in [0.15, 0.2) is 47.8 Å². The van der Waals surface area contributed by atoms with Gasteiger partial charge in [0.25, 0.3) is 0 Å². The summed E-state index contributed by atoms with van der Waals surface area (Å²) in [6, 6.07) is 13.9. The minimum Gasteiger partial charge on any atom is -0.379 e. The van der Waals surface area contributed by atoms with Crippen LogP contribution >= 0.6 is 36.2 Å². The average Bonchev–Trinajstić information content (AvgIpc) is 3.23. The second-order valence-corrected chi connectivity index (χ2v) is 7.63. The number of hydrogen-bond acceptors (Lipinski definition) is 5. The van der Waals surface area contributed by atoms with Gasteiger partial charge in [-0.2, -0.15) is 0 Å². The lowest BCUT2D eigenvalue weighted by Crippen LogP contribution is -2.45. The third kappa shape index (κ3) is 6.44. The summed E-state index contributed by atoms with van der Waals surface area (Å²) in [5.74, 6) is -0.290. The van der Waals surface area contributed by atoms with Gasteiger partial charge in [-0.3, -0.25) is 9.69 Å². The molecule has 0 radical (unpaired) electrons. The molecule has 1 aromatic carbocycles. The molecule has 1 saturated heterocycles. The number of nitrogens with zero attached hydrogens (tertiary/aromatic N) is 1. The molecule has 0 bridgehead atoms. The smallest absolute Gasteiger partial charge is 0.224 e. The summed E-state index contributed by atoms with van der Waals surface area (Å²) >= 11 is 1.73. The molecule has 2 aromatic rings. The number of nitrogens with one attached hydrogen (secondary N) is 1. The van der Waals surface area contributed by atoms with Crippen LogP contribution in [0.2, 0.25) is 0 Å². The zero-order chi connectivity index (χ0) is 18.4. The molecular formula is C20H29Cl2N3O2S. The van der Waals surface area contributed by atoms with Gasteiger partial charge in [-0.25, -0.2) is 0 Å².